The second-order valence-electron chi connectivity index (χ2n) is 11.6. The second kappa shape index (κ2) is 13.5. The van der Waals surface area contributed by atoms with Crippen molar-refractivity contribution >= 4 is 23.6 Å². The van der Waals surface area contributed by atoms with Crippen LogP contribution in [0.2, 0.25) is 0 Å². The minimum atomic E-state index is -0.954. The van der Waals surface area contributed by atoms with Crippen LogP contribution in [0, 0.1) is 33.6 Å². The quantitative estimate of drug-likeness (QED) is 0.338. The van der Waals surface area contributed by atoms with E-state index in [0.717, 1.165) is 22.3 Å². The average molecular weight is 536 g/mol. The molecule has 0 aliphatic carbocycles. The number of carbonyl (C=O) groups is 3. The van der Waals surface area contributed by atoms with Crippen LogP contribution in [-0.2, 0) is 14.3 Å². The molecule has 0 radical (unpaired) electrons. The van der Waals surface area contributed by atoms with Crippen molar-refractivity contribution < 1.29 is 19.1 Å². The lowest BCUT2D eigenvalue weighted by molar-refractivity contribution is -0.140. The van der Waals surface area contributed by atoms with Crippen LogP contribution in [0.25, 0.3) is 0 Å². The SMILES string of the molecule is C=CCN(C(=O)C(CC(C)C)NC(=O)OC(C)(C)C)C(C(=O)Nc1c(C)cccc1C)c1ccc(C)cc1C. The average Bonchev–Trinajstić information content (AvgIpc) is 2.80. The molecule has 0 saturated heterocycles. The molecule has 7 nitrogen and oxygen atoms in total. The summed E-state index contributed by atoms with van der Waals surface area (Å²) in [6, 6.07) is 9.79. The van der Waals surface area contributed by atoms with E-state index in [1.165, 1.54) is 4.90 Å². The van der Waals surface area contributed by atoms with Crippen LogP contribution in [-0.4, -0.2) is 41.0 Å². The van der Waals surface area contributed by atoms with E-state index in [1.807, 2.05) is 77.9 Å². The smallest absolute Gasteiger partial charge is 0.408 e. The molecule has 2 aromatic carbocycles. The topological polar surface area (TPSA) is 87.7 Å². The van der Waals surface area contributed by atoms with E-state index in [4.69, 9.17) is 4.74 Å². The summed E-state index contributed by atoms with van der Waals surface area (Å²) in [6.45, 7) is 21.0. The molecule has 0 spiro atoms. The molecule has 0 fully saturated rings. The number of amides is 3. The zero-order chi connectivity index (χ0) is 29.5. The lowest BCUT2D eigenvalue weighted by Gasteiger charge is -2.35. The lowest BCUT2D eigenvalue weighted by atomic mass is 9.95. The highest BCUT2D eigenvalue weighted by Gasteiger charge is 2.37. The monoisotopic (exact) mass is 535 g/mol. The van der Waals surface area contributed by atoms with Gasteiger partial charge in [0.25, 0.3) is 5.91 Å². The van der Waals surface area contributed by atoms with E-state index in [9.17, 15) is 14.4 Å². The number of alkyl carbamates (subject to hydrolysis) is 1. The normalized spacial score (nSPS) is 12.9. The van der Waals surface area contributed by atoms with E-state index in [0.29, 0.717) is 17.7 Å². The van der Waals surface area contributed by atoms with Crippen LogP contribution in [0.3, 0.4) is 0 Å². The van der Waals surface area contributed by atoms with Gasteiger partial charge in [-0.25, -0.2) is 4.79 Å². The first-order valence-corrected chi connectivity index (χ1v) is 13.5. The number of nitrogens with zero attached hydrogens (tertiary/aromatic N) is 1. The van der Waals surface area contributed by atoms with E-state index in [2.05, 4.69) is 17.2 Å². The first-order valence-electron chi connectivity index (χ1n) is 13.5. The predicted molar refractivity (Wildman–Crippen MR) is 158 cm³/mol. The van der Waals surface area contributed by atoms with E-state index in [1.54, 1.807) is 26.8 Å². The second-order valence-corrected chi connectivity index (χ2v) is 11.6. The van der Waals surface area contributed by atoms with Crippen LogP contribution < -0.4 is 10.6 Å². The van der Waals surface area contributed by atoms with Crippen molar-refractivity contribution in [3.63, 3.8) is 0 Å². The van der Waals surface area contributed by atoms with Gasteiger partial charge in [-0.15, -0.1) is 6.58 Å². The van der Waals surface area contributed by atoms with Crippen molar-refractivity contribution in [1.82, 2.24) is 10.2 Å². The third-order valence-electron chi connectivity index (χ3n) is 6.31. The van der Waals surface area contributed by atoms with E-state index >= 15 is 0 Å². The Balaban J connectivity index is 2.60. The molecule has 39 heavy (non-hydrogen) atoms. The molecule has 2 unspecified atom stereocenters. The summed E-state index contributed by atoms with van der Waals surface area (Å²) in [5, 5.41) is 5.85. The van der Waals surface area contributed by atoms with Gasteiger partial charge < -0.3 is 20.3 Å². The van der Waals surface area contributed by atoms with Gasteiger partial charge in [-0.2, -0.15) is 0 Å². The van der Waals surface area contributed by atoms with Crippen molar-refractivity contribution in [2.24, 2.45) is 5.92 Å². The fourth-order valence-electron chi connectivity index (χ4n) is 4.59. The molecule has 7 heteroatoms. The van der Waals surface area contributed by atoms with Crippen LogP contribution in [0.1, 0.15) is 74.9 Å². The highest BCUT2D eigenvalue weighted by molar-refractivity contribution is 6.00. The molecule has 0 aromatic heterocycles. The molecule has 3 amide bonds. The van der Waals surface area contributed by atoms with Crippen molar-refractivity contribution in [1.29, 1.82) is 0 Å². The Morgan fingerprint density at radius 3 is 2.13 bits per heavy atom. The number of ether oxygens (including phenoxy) is 1. The molecule has 0 bridgehead atoms. The maximum absolute atomic E-state index is 14.2. The number of para-hydroxylation sites is 1. The third-order valence-corrected chi connectivity index (χ3v) is 6.31. The molecule has 0 saturated carbocycles. The van der Waals surface area contributed by atoms with Crippen molar-refractivity contribution in [2.45, 2.75) is 86.4 Å². The molecule has 0 heterocycles. The van der Waals surface area contributed by atoms with Gasteiger partial charge in [0.2, 0.25) is 5.91 Å². The summed E-state index contributed by atoms with van der Waals surface area (Å²) in [7, 11) is 0. The molecule has 2 N–H and O–H groups in total. The van der Waals surface area contributed by atoms with Crippen molar-refractivity contribution in [2.75, 3.05) is 11.9 Å². The van der Waals surface area contributed by atoms with Crippen LogP contribution in [0.5, 0.6) is 0 Å². The predicted octanol–water partition coefficient (Wildman–Crippen LogP) is 6.55. The van der Waals surface area contributed by atoms with Gasteiger partial charge in [0, 0.05) is 12.2 Å². The maximum atomic E-state index is 14.2. The van der Waals surface area contributed by atoms with Gasteiger partial charge in [-0.1, -0.05) is 61.9 Å². The summed E-state index contributed by atoms with van der Waals surface area (Å²) in [4.78, 5) is 42.5. The van der Waals surface area contributed by atoms with Gasteiger partial charge in [0.15, 0.2) is 0 Å². The first-order chi connectivity index (χ1) is 18.1. The molecule has 0 aliphatic heterocycles. The number of carbonyl (C=O) groups excluding carboxylic acids is 3. The number of aryl methyl sites for hydroxylation is 4. The third kappa shape index (κ3) is 8.98. The standard InChI is InChI=1S/C32H45N3O4/c1-11-17-35(30(37)26(18-20(2)3)33-31(38)39-32(8,9)10)28(25-16-15-21(4)19-24(25)7)29(36)34-27-22(5)13-12-14-23(27)6/h11-16,19-20,26,28H,1,17-18H2,2-10H3,(H,33,38)(H,34,36). The van der Waals surface area contributed by atoms with Gasteiger partial charge >= 0.3 is 6.09 Å². The van der Waals surface area contributed by atoms with Crippen LogP contribution >= 0.6 is 0 Å². The van der Waals surface area contributed by atoms with Gasteiger partial charge in [0.05, 0.1) is 0 Å². The Hall–Kier alpha value is -3.61. The van der Waals surface area contributed by atoms with E-state index < -0.39 is 23.8 Å². The Labute approximate surface area is 234 Å². The minimum Gasteiger partial charge on any atom is -0.444 e. The molecular weight excluding hydrogens is 490 g/mol. The molecular formula is C32H45N3O4. The number of hydrogen-bond acceptors (Lipinski definition) is 4. The van der Waals surface area contributed by atoms with Crippen molar-refractivity contribution in [3.05, 3.63) is 76.9 Å². The number of hydrogen-bond donors (Lipinski definition) is 2. The van der Waals surface area contributed by atoms with E-state index in [-0.39, 0.29) is 24.3 Å². The number of nitrogens with one attached hydrogen (secondary N) is 2. The Morgan fingerprint density at radius 2 is 1.62 bits per heavy atom. The maximum Gasteiger partial charge on any atom is 0.408 e. The molecule has 2 rings (SSSR count). The van der Waals surface area contributed by atoms with Crippen LogP contribution in [0.15, 0.2) is 49.1 Å². The summed E-state index contributed by atoms with van der Waals surface area (Å²) in [5.74, 6) is -0.617. The van der Waals surface area contributed by atoms with Gasteiger partial charge in [0.1, 0.15) is 17.7 Å². The zero-order valence-corrected chi connectivity index (χ0v) is 25.0. The summed E-state index contributed by atoms with van der Waals surface area (Å²) in [6.07, 6.45) is 1.30. The fraction of sp³-hybridized carbons (Fsp3) is 0.469. The highest BCUT2D eigenvalue weighted by atomic mass is 16.6. The van der Waals surface area contributed by atoms with Crippen molar-refractivity contribution in [3.8, 4) is 0 Å². The minimum absolute atomic E-state index is 0.0995. The Kier molecular flexibility index (Phi) is 10.9. The summed E-state index contributed by atoms with van der Waals surface area (Å²) >= 11 is 0. The fourth-order valence-corrected chi connectivity index (χ4v) is 4.59. The highest BCUT2D eigenvalue weighted by Crippen LogP contribution is 2.30. The first kappa shape index (κ1) is 31.6. The molecule has 2 atom stereocenters. The summed E-state index contributed by atoms with van der Waals surface area (Å²) < 4.78 is 5.45. The molecule has 0 aliphatic rings. The molecule has 2 aromatic rings. The largest absolute Gasteiger partial charge is 0.444 e. The van der Waals surface area contributed by atoms with Crippen LogP contribution in [0.4, 0.5) is 10.5 Å². The van der Waals surface area contributed by atoms with Gasteiger partial charge in [-0.05, 0) is 83.1 Å². The lowest BCUT2D eigenvalue weighted by Crippen LogP contribution is -2.53. The zero-order valence-electron chi connectivity index (χ0n) is 25.0. The number of benzene rings is 2. The summed E-state index contributed by atoms with van der Waals surface area (Å²) in [5.41, 5.74) is 4.50. The number of anilines is 1. The Bertz CT molecular complexity index is 1180. The van der Waals surface area contributed by atoms with Gasteiger partial charge in [-0.3, -0.25) is 9.59 Å². The Morgan fingerprint density at radius 1 is 1.00 bits per heavy atom. The molecule has 212 valence electrons. The number of rotatable bonds is 10.